The quantitative estimate of drug-likeness (QED) is 0.364. The number of para-hydroxylation sites is 1. The van der Waals surface area contributed by atoms with Gasteiger partial charge in [0.1, 0.15) is 5.41 Å². The van der Waals surface area contributed by atoms with Crippen molar-refractivity contribution in [2.75, 3.05) is 7.11 Å². The van der Waals surface area contributed by atoms with Crippen LogP contribution in [-0.4, -0.2) is 23.8 Å². The van der Waals surface area contributed by atoms with Gasteiger partial charge in [0.2, 0.25) is 0 Å². The van der Waals surface area contributed by atoms with Crippen molar-refractivity contribution in [1.82, 2.24) is 0 Å². The van der Waals surface area contributed by atoms with Gasteiger partial charge in [-0.3, -0.25) is 19.7 Å². The van der Waals surface area contributed by atoms with Crippen LogP contribution in [0.5, 0.6) is 0 Å². The number of nitro groups is 1. The molecular weight excluding hydrogens is 262 g/mol. The molecular formula is C14H15NO5. The number of methoxy groups -OCH3 is 1. The van der Waals surface area contributed by atoms with E-state index in [2.05, 4.69) is 0 Å². The second-order valence-electron chi connectivity index (χ2n) is 4.91. The lowest BCUT2D eigenvalue weighted by atomic mass is 9.79. The van der Waals surface area contributed by atoms with Crippen molar-refractivity contribution in [2.24, 2.45) is 5.41 Å². The van der Waals surface area contributed by atoms with E-state index in [-0.39, 0.29) is 17.9 Å². The fourth-order valence-corrected chi connectivity index (χ4v) is 2.76. The van der Waals surface area contributed by atoms with Gasteiger partial charge in [-0.05, 0) is 12.8 Å². The number of rotatable bonds is 4. The molecule has 1 aromatic rings. The summed E-state index contributed by atoms with van der Waals surface area (Å²) in [6, 6.07) is 6.17. The molecule has 0 aromatic heterocycles. The van der Waals surface area contributed by atoms with Crippen LogP contribution in [0.25, 0.3) is 0 Å². The maximum atomic E-state index is 12.1. The zero-order valence-electron chi connectivity index (χ0n) is 11.1. The number of Topliss-reactive ketones (excluding diaryl/α,β-unsaturated/α-hetero) is 1. The molecule has 0 heterocycles. The first-order chi connectivity index (χ1) is 9.51. The van der Waals surface area contributed by atoms with Crippen molar-refractivity contribution < 1.29 is 19.2 Å². The Morgan fingerprint density at radius 1 is 1.45 bits per heavy atom. The van der Waals surface area contributed by atoms with Gasteiger partial charge in [-0.15, -0.1) is 0 Å². The van der Waals surface area contributed by atoms with Crippen LogP contribution in [0, 0.1) is 15.5 Å². The molecule has 1 aromatic carbocycles. The Morgan fingerprint density at radius 3 is 2.70 bits per heavy atom. The molecule has 1 aliphatic carbocycles. The molecule has 2 rings (SSSR count). The first-order valence-corrected chi connectivity index (χ1v) is 6.35. The Bertz CT molecular complexity index is 568. The molecule has 1 unspecified atom stereocenters. The molecule has 0 radical (unpaired) electrons. The molecule has 6 nitrogen and oxygen atoms in total. The molecule has 20 heavy (non-hydrogen) atoms. The molecule has 1 atom stereocenters. The van der Waals surface area contributed by atoms with E-state index in [0.717, 1.165) is 0 Å². The topological polar surface area (TPSA) is 86.5 Å². The lowest BCUT2D eigenvalue weighted by Crippen LogP contribution is -2.38. The Morgan fingerprint density at radius 2 is 2.15 bits per heavy atom. The minimum Gasteiger partial charge on any atom is -0.468 e. The summed E-state index contributed by atoms with van der Waals surface area (Å²) in [5, 5.41) is 11.0. The van der Waals surface area contributed by atoms with Crippen LogP contribution in [0.2, 0.25) is 0 Å². The van der Waals surface area contributed by atoms with E-state index < -0.39 is 16.3 Å². The highest BCUT2D eigenvalue weighted by Gasteiger charge is 2.50. The van der Waals surface area contributed by atoms with Gasteiger partial charge in [0.25, 0.3) is 5.69 Å². The Balaban J connectivity index is 2.42. The third-order valence-electron chi connectivity index (χ3n) is 3.80. The van der Waals surface area contributed by atoms with Gasteiger partial charge < -0.3 is 4.74 Å². The molecule has 1 aliphatic rings. The monoisotopic (exact) mass is 277 g/mol. The molecule has 0 N–H and O–H groups in total. The number of ether oxygens (including phenoxy) is 1. The SMILES string of the molecule is COC(=O)C1(Cc2ccccc2[N+](=O)[O-])CCCC1=O. The normalized spacial score (nSPS) is 21.8. The number of hydrogen-bond acceptors (Lipinski definition) is 5. The number of nitro benzene ring substituents is 1. The fourth-order valence-electron chi connectivity index (χ4n) is 2.76. The summed E-state index contributed by atoms with van der Waals surface area (Å²) in [6.45, 7) is 0. The van der Waals surface area contributed by atoms with E-state index >= 15 is 0 Å². The minimum absolute atomic E-state index is 0.0235. The van der Waals surface area contributed by atoms with Crippen molar-refractivity contribution in [1.29, 1.82) is 0 Å². The van der Waals surface area contributed by atoms with Crippen molar-refractivity contribution in [2.45, 2.75) is 25.7 Å². The first kappa shape index (κ1) is 14.2. The number of benzene rings is 1. The summed E-state index contributed by atoms with van der Waals surface area (Å²) in [7, 11) is 1.23. The van der Waals surface area contributed by atoms with Gasteiger partial charge in [0.15, 0.2) is 5.78 Å². The molecule has 0 bridgehead atoms. The summed E-state index contributed by atoms with van der Waals surface area (Å²) in [5.41, 5.74) is -0.949. The zero-order valence-corrected chi connectivity index (χ0v) is 11.1. The van der Waals surface area contributed by atoms with Gasteiger partial charge in [-0.2, -0.15) is 0 Å². The Kier molecular flexibility index (Phi) is 3.83. The predicted molar refractivity (Wildman–Crippen MR) is 70.1 cm³/mol. The fraction of sp³-hybridized carbons (Fsp3) is 0.429. The van der Waals surface area contributed by atoms with E-state index in [0.29, 0.717) is 24.8 Å². The molecule has 1 saturated carbocycles. The highest BCUT2D eigenvalue weighted by Crippen LogP contribution is 2.40. The Hall–Kier alpha value is -2.24. The molecule has 0 saturated heterocycles. The lowest BCUT2D eigenvalue weighted by molar-refractivity contribution is -0.385. The number of carbonyl (C=O) groups excluding carboxylic acids is 2. The zero-order chi connectivity index (χ0) is 14.8. The smallest absolute Gasteiger partial charge is 0.319 e. The predicted octanol–water partition coefficient (Wildman–Crippen LogP) is 2.05. The van der Waals surface area contributed by atoms with Crippen LogP contribution in [0.3, 0.4) is 0 Å². The van der Waals surface area contributed by atoms with Crippen LogP contribution >= 0.6 is 0 Å². The first-order valence-electron chi connectivity index (χ1n) is 6.35. The molecule has 1 fully saturated rings. The van der Waals surface area contributed by atoms with Crippen molar-refractivity contribution in [3.05, 3.63) is 39.9 Å². The van der Waals surface area contributed by atoms with Gasteiger partial charge in [-0.1, -0.05) is 18.2 Å². The van der Waals surface area contributed by atoms with Crippen molar-refractivity contribution >= 4 is 17.4 Å². The van der Waals surface area contributed by atoms with Crippen LogP contribution in [0.4, 0.5) is 5.69 Å². The average Bonchev–Trinajstić information content (AvgIpc) is 2.80. The van der Waals surface area contributed by atoms with E-state index in [4.69, 9.17) is 4.74 Å². The summed E-state index contributed by atoms with van der Waals surface area (Å²) in [6.07, 6.45) is 1.32. The summed E-state index contributed by atoms with van der Waals surface area (Å²) in [4.78, 5) is 34.7. The Labute approximate surface area is 115 Å². The molecule has 106 valence electrons. The number of hydrogen-bond donors (Lipinski definition) is 0. The number of ketones is 1. The largest absolute Gasteiger partial charge is 0.468 e. The molecule has 6 heteroatoms. The number of esters is 1. The van der Waals surface area contributed by atoms with Gasteiger partial charge in [0, 0.05) is 24.5 Å². The van der Waals surface area contributed by atoms with Gasteiger partial charge in [-0.25, -0.2) is 0 Å². The number of nitrogens with zero attached hydrogens (tertiary/aromatic N) is 1. The third-order valence-corrected chi connectivity index (χ3v) is 3.80. The summed E-state index contributed by atoms with van der Waals surface area (Å²) in [5.74, 6) is -0.791. The highest BCUT2D eigenvalue weighted by molar-refractivity contribution is 6.05. The maximum absolute atomic E-state index is 12.1. The van der Waals surface area contributed by atoms with Crippen molar-refractivity contribution in [3.8, 4) is 0 Å². The van der Waals surface area contributed by atoms with E-state index in [1.807, 2.05) is 0 Å². The van der Waals surface area contributed by atoms with E-state index in [1.54, 1.807) is 18.2 Å². The van der Waals surface area contributed by atoms with Gasteiger partial charge in [0.05, 0.1) is 12.0 Å². The van der Waals surface area contributed by atoms with Crippen LogP contribution in [0.1, 0.15) is 24.8 Å². The van der Waals surface area contributed by atoms with Gasteiger partial charge >= 0.3 is 5.97 Å². The van der Waals surface area contributed by atoms with E-state index in [9.17, 15) is 19.7 Å². The lowest BCUT2D eigenvalue weighted by Gasteiger charge is -2.24. The molecule has 0 aliphatic heterocycles. The third kappa shape index (κ3) is 2.29. The van der Waals surface area contributed by atoms with Crippen molar-refractivity contribution in [3.63, 3.8) is 0 Å². The number of carbonyl (C=O) groups is 2. The average molecular weight is 277 g/mol. The second kappa shape index (κ2) is 5.40. The summed E-state index contributed by atoms with van der Waals surface area (Å²) >= 11 is 0. The second-order valence-corrected chi connectivity index (χ2v) is 4.91. The maximum Gasteiger partial charge on any atom is 0.319 e. The van der Waals surface area contributed by atoms with Crippen LogP contribution in [0.15, 0.2) is 24.3 Å². The minimum atomic E-state index is -1.26. The van der Waals surface area contributed by atoms with E-state index in [1.165, 1.54) is 13.2 Å². The summed E-state index contributed by atoms with van der Waals surface area (Å²) < 4.78 is 4.75. The van der Waals surface area contributed by atoms with Crippen LogP contribution < -0.4 is 0 Å². The van der Waals surface area contributed by atoms with Crippen LogP contribution in [-0.2, 0) is 20.7 Å². The molecule has 0 amide bonds. The highest BCUT2D eigenvalue weighted by atomic mass is 16.6. The molecule has 0 spiro atoms. The standard InChI is InChI=1S/C14H15NO5/c1-20-13(17)14(8-4-7-12(14)16)9-10-5-2-3-6-11(10)15(18)19/h2-3,5-6H,4,7-9H2,1H3.